The SMILES string of the molecule is O=C(OCc1ccccc1)c1cc2ccccc2c(-c2c(O)c(C(=O)OCc3ccccc3)cc3ccccc23)c1O. The lowest BCUT2D eigenvalue weighted by atomic mass is 9.89. The summed E-state index contributed by atoms with van der Waals surface area (Å²) in [5.41, 5.74) is 1.92. The van der Waals surface area contributed by atoms with Gasteiger partial charge in [0.05, 0.1) is 0 Å². The average Bonchev–Trinajstić information content (AvgIpc) is 3.03. The zero-order valence-corrected chi connectivity index (χ0v) is 22.5. The average molecular weight is 555 g/mol. The van der Waals surface area contributed by atoms with E-state index in [1.807, 2.05) is 84.9 Å². The minimum absolute atomic E-state index is 0.0260. The van der Waals surface area contributed by atoms with Crippen molar-refractivity contribution in [1.82, 2.24) is 0 Å². The van der Waals surface area contributed by atoms with Crippen molar-refractivity contribution in [3.05, 3.63) is 144 Å². The predicted octanol–water partition coefficient (Wildman–Crippen LogP) is 7.79. The first-order valence-electron chi connectivity index (χ1n) is 13.4. The van der Waals surface area contributed by atoms with Gasteiger partial charge in [-0.15, -0.1) is 0 Å². The number of fused-ring (bicyclic) bond motifs is 2. The molecule has 0 aliphatic heterocycles. The summed E-state index contributed by atoms with van der Waals surface area (Å²) < 4.78 is 11.1. The maximum atomic E-state index is 13.3. The van der Waals surface area contributed by atoms with Crippen LogP contribution in [0.25, 0.3) is 32.7 Å². The molecule has 0 radical (unpaired) electrons. The van der Waals surface area contributed by atoms with E-state index >= 15 is 0 Å². The Hall–Kier alpha value is -5.62. The summed E-state index contributed by atoms with van der Waals surface area (Å²) in [6, 6.07) is 36.1. The number of hydrogen-bond donors (Lipinski definition) is 2. The summed E-state index contributed by atoms with van der Waals surface area (Å²) in [5, 5.41) is 25.8. The monoisotopic (exact) mass is 554 g/mol. The highest BCUT2D eigenvalue weighted by Gasteiger charge is 2.27. The number of carbonyl (C=O) groups excluding carboxylic acids is 2. The van der Waals surface area contributed by atoms with Crippen LogP contribution >= 0.6 is 0 Å². The van der Waals surface area contributed by atoms with Crippen LogP contribution in [0.2, 0.25) is 0 Å². The number of aromatic hydroxyl groups is 2. The van der Waals surface area contributed by atoms with Crippen LogP contribution in [0.4, 0.5) is 0 Å². The lowest BCUT2D eigenvalue weighted by Crippen LogP contribution is -2.08. The van der Waals surface area contributed by atoms with Crippen molar-refractivity contribution >= 4 is 33.5 Å². The Morgan fingerprint density at radius 1 is 0.500 bits per heavy atom. The first-order valence-corrected chi connectivity index (χ1v) is 13.4. The lowest BCUT2D eigenvalue weighted by molar-refractivity contribution is 0.0460. The van der Waals surface area contributed by atoms with Crippen molar-refractivity contribution in [1.29, 1.82) is 0 Å². The van der Waals surface area contributed by atoms with Gasteiger partial charge in [-0.3, -0.25) is 0 Å². The van der Waals surface area contributed by atoms with Gasteiger partial charge in [0, 0.05) is 11.1 Å². The molecule has 2 N–H and O–H groups in total. The number of hydrogen-bond acceptors (Lipinski definition) is 6. The quantitative estimate of drug-likeness (QED) is 0.196. The van der Waals surface area contributed by atoms with Gasteiger partial charge in [-0.05, 0) is 44.8 Å². The molecule has 6 rings (SSSR count). The molecule has 0 aliphatic rings. The molecule has 0 aromatic heterocycles. The van der Waals surface area contributed by atoms with Crippen molar-refractivity contribution in [2.24, 2.45) is 0 Å². The van der Waals surface area contributed by atoms with Crippen molar-refractivity contribution in [2.75, 3.05) is 0 Å². The molecular weight excluding hydrogens is 528 g/mol. The molecule has 6 heteroatoms. The molecule has 0 atom stereocenters. The highest BCUT2D eigenvalue weighted by Crippen LogP contribution is 2.47. The fourth-order valence-electron chi connectivity index (χ4n) is 5.09. The van der Waals surface area contributed by atoms with Crippen LogP contribution < -0.4 is 0 Å². The van der Waals surface area contributed by atoms with Crippen molar-refractivity contribution in [3.8, 4) is 22.6 Å². The van der Waals surface area contributed by atoms with Crippen LogP contribution in [-0.2, 0) is 22.7 Å². The summed E-state index contributed by atoms with van der Waals surface area (Å²) >= 11 is 0. The minimum atomic E-state index is -0.717. The number of ether oxygens (including phenoxy) is 2. The van der Waals surface area contributed by atoms with Gasteiger partial charge < -0.3 is 19.7 Å². The van der Waals surface area contributed by atoms with Crippen molar-refractivity contribution in [2.45, 2.75) is 13.2 Å². The Bertz CT molecular complexity index is 1790. The fraction of sp³-hybridized carbons (Fsp3) is 0.0556. The zero-order chi connectivity index (χ0) is 29.1. The maximum absolute atomic E-state index is 13.3. The molecule has 6 aromatic carbocycles. The highest BCUT2D eigenvalue weighted by atomic mass is 16.5. The predicted molar refractivity (Wildman–Crippen MR) is 161 cm³/mol. The molecular formula is C36H26O6. The van der Waals surface area contributed by atoms with Crippen molar-refractivity contribution < 1.29 is 29.3 Å². The van der Waals surface area contributed by atoms with Gasteiger partial charge in [-0.25, -0.2) is 9.59 Å². The molecule has 42 heavy (non-hydrogen) atoms. The van der Waals surface area contributed by atoms with Crippen LogP contribution in [0.3, 0.4) is 0 Å². The number of phenols is 2. The Balaban J connectivity index is 1.49. The number of benzene rings is 6. The third-order valence-corrected chi connectivity index (χ3v) is 7.16. The third-order valence-electron chi connectivity index (χ3n) is 7.16. The van der Waals surface area contributed by atoms with Gasteiger partial charge in [0.2, 0.25) is 0 Å². The van der Waals surface area contributed by atoms with E-state index < -0.39 is 11.9 Å². The first kappa shape index (κ1) is 26.6. The molecule has 0 unspecified atom stereocenters. The zero-order valence-electron chi connectivity index (χ0n) is 22.5. The second kappa shape index (κ2) is 11.5. The minimum Gasteiger partial charge on any atom is -0.506 e. The Kier molecular flexibility index (Phi) is 7.26. The maximum Gasteiger partial charge on any atom is 0.342 e. The van der Waals surface area contributed by atoms with Gasteiger partial charge in [0.25, 0.3) is 0 Å². The van der Waals surface area contributed by atoms with E-state index in [-0.39, 0.29) is 47.0 Å². The third kappa shape index (κ3) is 5.13. The van der Waals surface area contributed by atoms with E-state index in [4.69, 9.17) is 9.47 Å². The molecule has 6 aromatic rings. The van der Waals surface area contributed by atoms with Gasteiger partial charge in [-0.2, -0.15) is 0 Å². The largest absolute Gasteiger partial charge is 0.506 e. The van der Waals surface area contributed by atoms with Gasteiger partial charge in [0.15, 0.2) is 0 Å². The molecule has 0 bridgehead atoms. The molecule has 0 amide bonds. The number of phenolic OH excluding ortho intramolecular Hbond substituents is 2. The van der Waals surface area contributed by atoms with Crippen LogP contribution in [0.5, 0.6) is 11.5 Å². The molecule has 0 spiro atoms. The standard InChI is InChI=1S/C36H26O6/c37-33-29(35(39)41-21-23-11-3-1-4-12-23)19-25-15-7-9-17-27(25)31(33)32-28-18-10-8-16-26(28)20-30(34(32)38)36(40)42-22-24-13-5-2-6-14-24/h1-20,37-38H,21-22H2. The molecule has 206 valence electrons. The van der Waals surface area contributed by atoms with E-state index in [2.05, 4.69) is 0 Å². The molecule has 0 fully saturated rings. The van der Waals surface area contributed by atoms with Gasteiger partial charge in [-0.1, -0.05) is 109 Å². The molecule has 0 heterocycles. The smallest absolute Gasteiger partial charge is 0.342 e. The van der Waals surface area contributed by atoms with Gasteiger partial charge in [0.1, 0.15) is 35.8 Å². The summed E-state index contributed by atoms with van der Waals surface area (Å²) in [5.74, 6) is -2.15. The molecule has 6 nitrogen and oxygen atoms in total. The first-order chi connectivity index (χ1) is 20.5. The molecule has 0 aliphatic carbocycles. The second-order valence-electron chi connectivity index (χ2n) is 9.86. The van der Waals surface area contributed by atoms with Crippen LogP contribution in [0, 0.1) is 0 Å². The van der Waals surface area contributed by atoms with E-state index in [0.717, 1.165) is 11.1 Å². The molecule has 0 saturated heterocycles. The molecule has 0 saturated carbocycles. The topological polar surface area (TPSA) is 93.1 Å². The lowest BCUT2D eigenvalue weighted by Gasteiger charge is -2.18. The summed E-state index contributed by atoms with van der Waals surface area (Å²) in [6.07, 6.45) is 0. The van der Waals surface area contributed by atoms with Gasteiger partial charge >= 0.3 is 11.9 Å². The fourth-order valence-corrected chi connectivity index (χ4v) is 5.09. The highest BCUT2D eigenvalue weighted by molar-refractivity contribution is 6.15. The summed E-state index contributed by atoms with van der Waals surface area (Å²) in [7, 11) is 0. The number of carbonyl (C=O) groups is 2. The Morgan fingerprint density at radius 2 is 0.857 bits per heavy atom. The van der Waals surface area contributed by atoms with E-state index in [1.165, 1.54) is 0 Å². The summed E-state index contributed by atoms with van der Waals surface area (Å²) in [6.45, 7) is 0.0520. The number of esters is 2. The van der Waals surface area contributed by atoms with E-state index in [1.54, 1.807) is 36.4 Å². The Morgan fingerprint density at radius 3 is 1.26 bits per heavy atom. The van der Waals surface area contributed by atoms with Crippen LogP contribution in [-0.4, -0.2) is 22.2 Å². The summed E-state index contributed by atoms with van der Waals surface area (Å²) in [4.78, 5) is 26.6. The van der Waals surface area contributed by atoms with Crippen molar-refractivity contribution in [3.63, 3.8) is 0 Å². The van der Waals surface area contributed by atoms with Crippen LogP contribution in [0.15, 0.2) is 121 Å². The second-order valence-corrected chi connectivity index (χ2v) is 9.86. The van der Waals surface area contributed by atoms with E-state index in [9.17, 15) is 19.8 Å². The number of rotatable bonds is 7. The van der Waals surface area contributed by atoms with E-state index in [0.29, 0.717) is 21.5 Å². The normalized spacial score (nSPS) is 11.0. The Labute approximate surface area is 242 Å². The van der Waals surface area contributed by atoms with Crippen LogP contribution in [0.1, 0.15) is 31.8 Å².